The van der Waals surface area contributed by atoms with Crippen LogP contribution in [0.5, 0.6) is 0 Å². The van der Waals surface area contributed by atoms with Crippen molar-refractivity contribution in [1.29, 1.82) is 0 Å². The Morgan fingerprint density at radius 3 is 2.58 bits per heavy atom. The van der Waals surface area contributed by atoms with Gasteiger partial charge >= 0.3 is 5.97 Å². The van der Waals surface area contributed by atoms with Crippen molar-refractivity contribution in [1.82, 2.24) is 21.5 Å². The van der Waals surface area contributed by atoms with Crippen LogP contribution >= 0.6 is 11.8 Å². The zero-order valence-corrected chi connectivity index (χ0v) is 11.3. The largest absolute Gasteiger partial charge is 0.481 e. The molecule has 8 nitrogen and oxygen atoms in total. The molecule has 0 aromatic rings. The molecule has 2 rings (SSSR count). The Morgan fingerprint density at radius 2 is 2.00 bits per heavy atom. The number of primary amides is 1. The summed E-state index contributed by atoms with van der Waals surface area (Å²) in [7, 11) is 0. The third kappa shape index (κ3) is 3.80. The molecule has 0 bridgehead atoms. The van der Waals surface area contributed by atoms with Crippen molar-refractivity contribution in [2.75, 3.05) is 5.75 Å². The van der Waals surface area contributed by atoms with Gasteiger partial charge in [-0.15, -0.1) is 11.8 Å². The number of nitrogens with one attached hydrogen (secondary N) is 3. The Kier molecular flexibility index (Phi) is 4.99. The van der Waals surface area contributed by atoms with Gasteiger partial charge in [0.05, 0.1) is 11.7 Å². The zero-order valence-electron chi connectivity index (χ0n) is 10.5. The predicted octanol–water partition coefficient (Wildman–Crippen LogP) is -1.04. The molecular formula is C10H19N5O3S. The smallest absolute Gasteiger partial charge is 0.306 e. The fourth-order valence-electron chi connectivity index (χ4n) is 2.45. The van der Waals surface area contributed by atoms with Crippen molar-refractivity contribution in [3.8, 4) is 0 Å². The number of hydrazine groups is 3. The molecule has 108 valence electrons. The van der Waals surface area contributed by atoms with E-state index >= 15 is 0 Å². The van der Waals surface area contributed by atoms with Gasteiger partial charge in [-0.05, 0) is 25.7 Å². The lowest BCUT2D eigenvalue weighted by atomic mass is 9.86. The first-order valence-corrected chi connectivity index (χ1v) is 7.30. The van der Waals surface area contributed by atoms with Gasteiger partial charge in [-0.1, -0.05) is 0 Å². The maximum Gasteiger partial charge on any atom is 0.306 e. The summed E-state index contributed by atoms with van der Waals surface area (Å²) >= 11 is 1.40. The third-order valence-corrected chi connectivity index (χ3v) is 4.57. The number of hydrogen-bond acceptors (Lipinski definition) is 7. The van der Waals surface area contributed by atoms with E-state index in [0.29, 0.717) is 12.8 Å². The van der Waals surface area contributed by atoms with Gasteiger partial charge < -0.3 is 10.8 Å². The summed E-state index contributed by atoms with van der Waals surface area (Å²) in [4.78, 5) is 21.7. The Balaban J connectivity index is 1.84. The van der Waals surface area contributed by atoms with Gasteiger partial charge in [-0.2, -0.15) is 16.1 Å². The molecule has 1 aliphatic carbocycles. The van der Waals surface area contributed by atoms with Crippen LogP contribution in [0.3, 0.4) is 0 Å². The molecule has 1 heterocycles. The molecule has 0 spiro atoms. The SMILES string of the molecule is NC(=O)CSC1NNNN1C1CCC(C(=O)O)CC1. The fraction of sp³-hybridized carbons (Fsp3) is 0.800. The van der Waals surface area contributed by atoms with E-state index in [9.17, 15) is 9.59 Å². The summed E-state index contributed by atoms with van der Waals surface area (Å²) in [6, 6.07) is 0.253. The molecule has 0 aromatic heterocycles. The molecule has 6 N–H and O–H groups in total. The van der Waals surface area contributed by atoms with Crippen LogP contribution in [0, 0.1) is 5.92 Å². The van der Waals surface area contributed by atoms with Crippen LogP contribution in [0.2, 0.25) is 0 Å². The van der Waals surface area contributed by atoms with E-state index in [1.807, 2.05) is 5.01 Å². The monoisotopic (exact) mass is 289 g/mol. The van der Waals surface area contributed by atoms with E-state index in [-0.39, 0.29) is 29.1 Å². The molecule has 1 amide bonds. The normalized spacial score (nSPS) is 32.3. The number of carbonyl (C=O) groups excluding carboxylic acids is 1. The number of carboxylic acids is 1. The number of nitrogens with zero attached hydrogens (tertiary/aromatic N) is 1. The maximum atomic E-state index is 10.9. The van der Waals surface area contributed by atoms with Crippen LogP contribution in [0.25, 0.3) is 0 Å². The summed E-state index contributed by atoms with van der Waals surface area (Å²) in [6.07, 6.45) is 3.01. The van der Waals surface area contributed by atoms with Crippen molar-refractivity contribution in [3.63, 3.8) is 0 Å². The molecule has 1 saturated heterocycles. The van der Waals surface area contributed by atoms with Gasteiger partial charge in [-0.3, -0.25) is 9.59 Å². The molecular weight excluding hydrogens is 270 g/mol. The van der Waals surface area contributed by atoms with Gasteiger partial charge in [0.2, 0.25) is 5.91 Å². The van der Waals surface area contributed by atoms with Crippen LogP contribution in [0.4, 0.5) is 0 Å². The zero-order chi connectivity index (χ0) is 13.8. The second-order valence-corrected chi connectivity index (χ2v) is 5.83. The highest BCUT2D eigenvalue weighted by molar-refractivity contribution is 8.00. The first-order valence-electron chi connectivity index (χ1n) is 6.25. The molecule has 19 heavy (non-hydrogen) atoms. The molecule has 0 radical (unpaired) electrons. The number of thioether (sulfide) groups is 1. The highest BCUT2D eigenvalue weighted by Gasteiger charge is 2.35. The van der Waals surface area contributed by atoms with Gasteiger partial charge in [-0.25, -0.2) is 5.43 Å². The van der Waals surface area contributed by atoms with E-state index in [1.54, 1.807) is 0 Å². The van der Waals surface area contributed by atoms with Crippen LogP contribution in [-0.4, -0.2) is 39.3 Å². The molecule has 0 aromatic carbocycles. The average molecular weight is 289 g/mol. The quantitative estimate of drug-likeness (QED) is 0.435. The Hall–Kier alpha value is -0.870. The van der Waals surface area contributed by atoms with Gasteiger partial charge in [0.15, 0.2) is 0 Å². The topological polar surface area (TPSA) is 120 Å². The number of amides is 1. The second-order valence-electron chi connectivity index (χ2n) is 4.76. The summed E-state index contributed by atoms with van der Waals surface area (Å²) in [5.74, 6) is -1.05. The highest BCUT2D eigenvalue weighted by atomic mass is 32.2. The Labute approximate surface area is 115 Å². The van der Waals surface area contributed by atoms with E-state index in [4.69, 9.17) is 10.8 Å². The van der Waals surface area contributed by atoms with Gasteiger partial charge in [0, 0.05) is 6.04 Å². The van der Waals surface area contributed by atoms with Crippen LogP contribution in [-0.2, 0) is 9.59 Å². The summed E-state index contributed by atoms with van der Waals surface area (Å²) < 4.78 is 0. The van der Waals surface area contributed by atoms with Crippen LogP contribution < -0.4 is 22.2 Å². The number of rotatable bonds is 5. The Morgan fingerprint density at radius 1 is 1.32 bits per heavy atom. The van der Waals surface area contributed by atoms with Crippen molar-refractivity contribution >= 4 is 23.6 Å². The van der Waals surface area contributed by atoms with E-state index in [1.165, 1.54) is 11.8 Å². The number of carbonyl (C=O) groups is 2. The van der Waals surface area contributed by atoms with Crippen molar-refractivity contribution in [2.45, 2.75) is 37.2 Å². The van der Waals surface area contributed by atoms with Crippen molar-refractivity contribution in [3.05, 3.63) is 0 Å². The number of nitrogens with two attached hydrogens (primary N) is 1. The van der Waals surface area contributed by atoms with Crippen LogP contribution in [0.1, 0.15) is 25.7 Å². The van der Waals surface area contributed by atoms with E-state index in [2.05, 4.69) is 16.5 Å². The molecule has 9 heteroatoms. The predicted molar refractivity (Wildman–Crippen MR) is 70.1 cm³/mol. The van der Waals surface area contributed by atoms with Gasteiger partial charge in [0.25, 0.3) is 0 Å². The standard InChI is InChI=1S/C10H19N5O3S/c11-8(16)5-19-10-12-13-14-15(10)7-3-1-6(2-4-7)9(17)18/h6-7,10,12-14H,1-5H2,(H2,11,16)(H,17,18). The minimum atomic E-state index is -0.705. The number of hydrogen-bond donors (Lipinski definition) is 5. The van der Waals surface area contributed by atoms with Gasteiger partial charge in [0.1, 0.15) is 5.50 Å². The minimum Gasteiger partial charge on any atom is -0.481 e. The van der Waals surface area contributed by atoms with Crippen molar-refractivity contribution in [2.24, 2.45) is 11.7 Å². The van der Waals surface area contributed by atoms with Crippen LogP contribution in [0.15, 0.2) is 0 Å². The number of aliphatic carboxylic acids is 1. The first kappa shape index (κ1) is 14.5. The Bertz CT molecular complexity index is 348. The van der Waals surface area contributed by atoms with Crippen molar-refractivity contribution < 1.29 is 14.7 Å². The average Bonchev–Trinajstić information content (AvgIpc) is 2.84. The second kappa shape index (κ2) is 6.53. The fourth-order valence-corrected chi connectivity index (χ4v) is 3.30. The third-order valence-electron chi connectivity index (χ3n) is 3.46. The highest BCUT2D eigenvalue weighted by Crippen LogP contribution is 2.29. The summed E-state index contributed by atoms with van der Waals surface area (Å²) in [6.45, 7) is 0. The van der Waals surface area contributed by atoms with E-state index in [0.717, 1.165) is 12.8 Å². The lowest BCUT2D eigenvalue weighted by Gasteiger charge is -2.34. The lowest BCUT2D eigenvalue weighted by molar-refractivity contribution is -0.143. The van der Waals surface area contributed by atoms with E-state index < -0.39 is 5.97 Å². The first-order chi connectivity index (χ1) is 9.08. The molecule has 2 fully saturated rings. The molecule has 1 aliphatic heterocycles. The lowest BCUT2D eigenvalue weighted by Crippen LogP contribution is -2.48. The molecule has 1 unspecified atom stereocenters. The molecule has 1 saturated carbocycles. The maximum absolute atomic E-state index is 10.9. The summed E-state index contributed by atoms with van der Waals surface area (Å²) in [5, 5.41) is 11.0. The summed E-state index contributed by atoms with van der Waals surface area (Å²) in [5.41, 5.74) is 13.9. The molecule has 1 atom stereocenters. The number of carboxylic acid groups (broad SMARTS) is 1. The molecule has 2 aliphatic rings. The minimum absolute atomic E-state index is 0.0844.